The molecule has 6 aromatic rings. The van der Waals surface area contributed by atoms with E-state index in [4.69, 9.17) is 99.5 Å². The summed E-state index contributed by atoms with van der Waals surface area (Å²) < 4.78 is 133. The standard InChI is InChI=1S/C88H92N2O37/c1-46(91)89-66-61(112-50(5)95)41-88(87(106)107-10,126-73(66)69(115-53(8)98)62(113-51(6)96)42-108-48(3)93)127-75-71(123-84-67(90-47(2)92)72(116-54(9)99)68(114-52(7)97)63(117-84)43-109-49(4)94)65(45-111-79(101)56-31-19-12-20-32-56)118-85(77(75)122-82(104)59-37-25-15-26-38-59)124-70-64(44-110-78(100)55-29-17-11-18-30-55)119-86(125-83(105)60-39-27-16-28-40-60)76(121-81(103)58-35-23-14-24-36-58)74(70)120-80(102)57-33-21-13-22-34-57/h11-40,61-77,84-86H,41-45H2,1-10H3,(H,89,91)(H,90,92)/t61-,62+,63+,64+,65+,66+,67+,68-,69-,70+,71-,72+,73+,74-,75-,76+,77+,84-,85-,86-,88-/m0/s1. The summed E-state index contributed by atoms with van der Waals surface area (Å²) in [4.78, 5) is 228. The van der Waals surface area contributed by atoms with Gasteiger partial charge in [-0.2, -0.15) is 0 Å². The van der Waals surface area contributed by atoms with E-state index in [0.717, 1.165) is 69.4 Å². The Morgan fingerprint density at radius 3 is 1.13 bits per heavy atom. The number of hydrogen-bond donors (Lipinski definition) is 2. The number of nitrogens with one attached hydrogen (secondary N) is 2. The van der Waals surface area contributed by atoms with Crippen LogP contribution in [0.15, 0.2) is 182 Å². The summed E-state index contributed by atoms with van der Waals surface area (Å²) >= 11 is 0. The van der Waals surface area contributed by atoms with Gasteiger partial charge in [0.25, 0.3) is 5.79 Å². The van der Waals surface area contributed by atoms with Crippen molar-refractivity contribution in [2.75, 3.05) is 33.5 Å². The van der Waals surface area contributed by atoms with Crippen molar-refractivity contribution >= 4 is 95.4 Å². The predicted molar refractivity (Wildman–Crippen MR) is 423 cm³/mol. The zero-order valence-electron chi connectivity index (χ0n) is 70.0. The van der Waals surface area contributed by atoms with Crippen molar-refractivity contribution in [3.05, 3.63) is 215 Å². The normalized spacial score (nSPS) is 25.8. The lowest BCUT2D eigenvalue weighted by molar-refractivity contribution is -0.398. The van der Waals surface area contributed by atoms with Crippen LogP contribution in [-0.4, -0.2) is 257 Å². The predicted octanol–water partition coefficient (Wildman–Crippen LogP) is 5.02. The number of ether oxygens (including phenoxy) is 21. The molecule has 2 amide bonds. The first-order chi connectivity index (χ1) is 60.7. The second kappa shape index (κ2) is 44.9. The highest BCUT2D eigenvalue weighted by Crippen LogP contribution is 2.45. The van der Waals surface area contributed by atoms with E-state index >= 15 is 19.2 Å². The second-order valence-corrected chi connectivity index (χ2v) is 28.9. The first-order valence-corrected chi connectivity index (χ1v) is 39.6. The van der Waals surface area contributed by atoms with Crippen LogP contribution in [-0.2, 0) is 147 Å². The molecule has 0 aromatic heterocycles. The van der Waals surface area contributed by atoms with Crippen molar-refractivity contribution < 1.29 is 176 Å². The maximum Gasteiger partial charge on any atom is 0.366 e. The Balaban J connectivity index is 1.32. The molecule has 4 saturated heterocycles. The third kappa shape index (κ3) is 26.1. The van der Waals surface area contributed by atoms with Gasteiger partial charge in [-0.3, -0.25) is 43.2 Å². The number of methoxy groups -OCH3 is 1. The summed E-state index contributed by atoms with van der Waals surface area (Å²) in [6.07, 6.45) is -42.7. The highest BCUT2D eigenvalue weighted by atomic mass is 16.8. The largest absolute Gasteiger partial charge is 0.465 e. The minimum Gasteiger partial charge on any atom is -0.465 e. The summed E-state index contributed by atoms with van der Waals surface area (Å²) in [6, 6.07) is 38.6. The van der Waals surface area contributed by atoms with E-state index in [9.17, 15) is 57.5 Å². The number of benzene rings is 6. The van der Waals surface area contributed by atoms with Crippen LogP contribution in [0.5, 0.6) is 0 Å². The highest BCUT2D eigenvalue weighted by Gasteiger charge is 2.66. The molecule has 0 spiro atoms. The van der Waals surface area contributed by atoms with Gasteiger partial charge >= 0.3 is 83.6 Å². The minimum absolute atomic E-state index is 0.0787. The topological polar surface area (TPSA) is 491 Å². The Morgan fingerprint density at radius 1 is 0.346 bits per heavy atom. The van der Waals surface area contributed by atoms with Gasteiger partial charge in [-0.15, -0.1) is 0 Å². The molecule has 39 nitrogen and oxygen atoms in total. The number of amides is 2. The summed E-state index contributed by atoms with van der Waals surface area (Å²) in [5.74, 6) is -22.3. The van der Waals surface area contributed by atoms with Crippen LogP contribution in [0.1, 0.15) is 131 Å². The van der Waals surface area contributed by atoms with Crippen molar-refractivity contribution in [1.29, 1.82) is 0 Å². The molecule has 2 N–H and O–H groups in total. The Morgan fingerprint density at radius 2 is 0.709 bits per heavy atom. The fraction of sp³-hybridized carbons (Fsp3) is 0.409. The van der Waals surface area contributed by atoms with E-state index < -0.39 is 257 Å². The molecule has 127 heavy (non-hydrogen) atoms. The zero-order chi connectivity index (χ0) is 91.8. The van der Waals surface area contributed by atoms with Crippen LogP contribution in [0.25, 0.3) is 0 Å². The SMILES string of the molecule is COC(=O)[C@@]1(O[C@H]2[C@@H](O[C@@H]3O[C@H](COC(C)=O)[C@H](OC(C)=O)[C@H](OC(C)=O)[C@H]3NC(C)=O)[C@@H](COC(=O)c3ccccc3)O[C@@H](O[C@H]3[C@H](OC(=O)c4ccccc4)[C@@H](OC(=O)c4ccccc4)[C@H](OC(=O)c4ccccc4)O[C@@H]3COC(=O)c3ccccc3)[C@@H]2OC(=O)c2ccccc2)C[C@H](OC(C)=O)[C@@H](NC(C)=O)[C@H]([C@@H](OC(C)=O)[C@@H](COC(C)=O)OC(C)=O)O1. The van der Waals surface area contributed by atoms with Crippen molar-refractivity contribution in [3.8, 4) is 0 Å². The average Bonchev–Trinajstić information content (AvgIpc) is 0.735. The Labute approximate surface area is 725 Å². The van der Waals surface area contributed by atoms with Gasteiger partial charge in [0.15, 0.2) is 49.2 Å². The molecule has 4 aliphatic rings. The average molecular weight is 1770 g/mol. The maximum atomic E-state index is 16.1. The summed E-state index contributed by atoms with van der Waals surface area (Å²) in [7, 11) is 0.767. The van der Waals surface area contributed by atoms with Gasteiger partial charge in [-0.1, -0.05) is 109 Å². The Bertz CT molecular complexity index is 4870. The lowest BCUT2D eigenvalue weighted by Gasteiger charge is -2.53. The van der Waals surface area contributed by atoms with Crippen LogP contribution >= 0.6 is 0 Å². The van der Waals surface area contributed by atoms with Crippen LogP contribution in [0.4, 0.5) is 0 Å². The molecule has 4 heterocycles. The lowest BCUT2D eigenvalue weighted by atomic mass is 9.87. The molecule has 0 unspecified atom stereocenters. The van der Waals surface area contributed by atoms with Gasteiger partial charge < -0.3 is 110 Å². The van der Waals surface area contributed by atoms with Gasteiger partial charge in [0.2, 0.25) is 24.2 Å². The molecule has 21 atom stereocenters. The van der Waals surface area contributed by atoms with Crippen molar-refractivity contribution in [2.45, 2.75) is 197 Å². The number of hydrogen-bond acceptors (Lipinski definition) is 37. The molecule has 0 bridgehead atoms. The first kappa shape index (κ1) is 95.8. The number of carbonyl (C=O) groups is 16. The summed E-state index contributed by atoms with van der Waals surface area (Å²) in [6.45, 7) is 4.08. The number of rotatable bonds is 34. The molecule has 10 rings (SSSR count). The highest BCUT2D eigenvalue weighted by molar-refractivity contribution is 5.93. The second-order valence-electron chi connectivity index (χ2n) is 28.9. The third-order valence-corrected chi connectivity index (χ3v) is 19.4. The molecule has 0 saturated carbocycles. The van der Waals surface area contributed by atoms with Crippen LogP contribution in [0.3, 0.4) is 0 Å². The number of carbonyl (C=O) groups excluding carboxylic acids is 16. The van der Waals surface area contributed by atoms with Crippen molar-refractivity contribution in [2.24, 2.45) is 0 Å². The molecule has 0 radical (unpaired) electrons. The van der Waals surface area contributed by atoms with Crippen LogP contribution < -0.4 is 10.6 Å². The van der Waals surface area contributed by atoms with Gasteiger partial charge in [-0.25, -0.2) is 33.6 Å². The smallest absolute Gasteiger partial charge is 0.366 e. The fourth-order valence-corrected chi connectivity index (χ4v) is 14.2. The third-order valence-electron chi connectivity index (χ3n) is 19.4. The van der Waals surface area contributed by atoms with E-state index in [2.05, 4.69) is 10.6 Å². The Hall–Kier alpha value is -13.4. The minimum atomic E-state index is -3.54. The van der Waals surface area contributed by atoms with E-state index in [1.807, 2.05) is 0 Å². The molecule has 39 heteroatoms. The van der Waals surface area contributed by atoms with Crippen LogP contribution in [0, 0.1) is 0 Å². The molecular formula is C88H92N2O37. The van der Waals surface area contributed by atoms with E-state index in [1.54, 1.807) is 30.3 Å². The zero-order valence-corrected chi connectivity index (χ0v) is 70.0. The van der Waals surface area contributed by atoms with E-state index in [0.29, 0.717) is 0 Å². The molecule has 4 aliphatic heterocycles. The molecule has 4 fully saturated rings. The Kier molecular flexibility index (Phi) is 33.9. The van der Waals surface area contributed by atoms with E-state index in [1.165, 1.54) is 152 Å². The van der Waals surface area contributed by atoms with Gasteiger partial charge in [-0.05, 0) is 72.8 Å². The summed E-state index contributed by atoms with van der Waals surface area (Å²) in [5, 5.41) is 5.11. The van der Waals surface area contributed by atoms with Gasteiger partial charge in [0, 0.05) is 62.3 Å². The monoisotopic (exact) mass is 1770 g/mol. The maximum absolute atomic E-state index is 16.1. The molecule has 0 aliphatic carbocycles. The van der Waals surface area contributed by atoms with Gasteiger partial charge in [0.1, 0.15) is 81.3 Å². The molecular weight excluding hydrogens is 1680 g/mol. The van der Waals surface area contributed by atoms with Crippen molar-refractivity contribution in [3.63, 3.8) is 0 Å². The van der Waals surface area contributed by atoms with E-state index in [-0.39, 0.29) is 33.4 Å². The fourth-order valence-electron chi connectivity index (χ4n) is 14.2. The lowest BCUT2D eigenvalue weighted by Crippen LogP contribution is -2.73. The first-order valence-electron chi connectivity index (χ1n) is 39.6. The van der Waals surface area contributed by atoms with Crippen molar-refractivity contribution in [1.82, 2.24) is 10.6 Å². The molecule has 676 valence electrons. The van der Waals surface area contributed by atoms with Crippen LogP contribution in [0.2, 0.25) is 0 Å². The summed E-state index contributed by atoms with van der Waals surface area (Å²) in [5.41, 5.74) is -1.11. The quantitative estimate of drug-likeness (QED) is 0.0395. The number of esters is 14. The molecule has 6 aromatic carbocycles. The van der Waals surface area contributed by atoms with Gasteiger partial charge in [0.05, 0.1) is 53.0 Å².